The number of aromatic nitrogens is 2. The van der Waals surface area contributed by atoms with Crippen LogP contribution in [0, 0.1) is 0 Å². The molecule has 0 spiro atoms. The Morgan fingerprint density at radius 1 is 1.56 bits per heavy atom. The largest absolute Gasteiger partial charge is 0.370 e. The third kappa shape index (κ3) is 4.09. The molecule has 0 saturated carbocycles. The molecule has 1 aromatic heterocycles. The van der Waals surface area contributed by atoms with E-state index in [-0.39, 0.29) is 12.3 Å². The fraction of sp³-hybridized carbons (Fsp3) is 0.444. The summed E-state index contributed by atoms with van der Waals surface area (Å²) in [4.78, 5) is 28.6. The number of primary amides is 1. The summed E-state index contributed by atoms with van der Waals surface area (Å²) in [6.07, 6.45) is 3.73. The first kappa shape index (κ1) is 12.2. The highest BCUT2D eigenvalue weighted by atomic mass is 16.2. The Hall–Kier alpha value is -1.89. The van der Waals surface area contributed by atoms with E-state index in [1.54, 1.807) is 12.5 Å². The van der Waals surface area contributed by atoms with Gasteiger partial charge in [0.1, 0.15) is 0 Å². The van der Waals surface area contributed by atoms with Crippen molar-refractivity contribution < 1.29 is 9.59 Å². The quantitative estimate of drug-likeness (QED) is 0.458. The van der Waals surface area contributed by atoms with Crippen molar-refractivity contribution in [2.75, 3.05) is 6.54 Å². The minimum absolute atomic E-state index is 0.143. The topological polar surface area (TPSA) is 127 Å². The Morgan fingerprint density at radius 3 is 2.88 bits per heavy atom. The molecule has 0 unspecified atom stereocenters. The summed E-state index contributed by atoms with van der Waals surface area (Å²) in [5.41, 5.74) is 11.3. The molecule has 7 heteroatoms. The van der Waals surface area contributed by atoms with Crippen LogP contribution in [0.15, 0.2) is 12.5 Å². The zero-order valence-corrected chi connectivity index (χ0v) is 8.77. The number of hydrogen-bond acceptors (Lipinski definition) is 4. The monoisotopic (exact) mass is 225 g/mol. The molecule has 1 heterocycles. The predicted molar refractivity (Wildman–Crippen MR) is 57.1 cm³/mol. The van der Waals surface area contributed by atoms with E-state index in [1.807, 2.05) is 0 Å². The minimum Gasteiger partial charge on any atom is -0.370 e. The van der Waals surface area contributed by atoms with Gasteiger partial charge in [0.25, 0.3) is 0 Å². The molecule has 0 bridgehead atoms. The van der Waals surface area contributed by atoms with Crippen LogP contribution in [0.4, 0.5) is 0 Å². The maximum Gasteiger partial charge on any atom is 0.237 e. The molecule has 0 aliphatic carbocycles. The molecule has 0 fully saturated rings. The fourth-order valence-corrected chi connectivity index (χ4v) is 1.18. The van der Waals surface area contributed by atoms with E-state index in [1.165, 1.54) is 0 Å². The van der Waals surface area contributed by atoms with Gasteiger partial charge >= 0.3 is 0 Å². The molecule has 0 aromatic carbocycles. The molecular weight excluding hydrogens is 210 g/mol. The Labute approximate surface area is 92.6 Å². The van der Waals surface area contributed by atoms with Crippen molar-refractivity contribution in [2.24, 2.45) is 11.5 Å². The number of carbonyl (C=O) groups is 2. The van der Waals surface area contributed by atoms with E-state index < -0.39 is 11.9 Å². The van der Waals surface area contributed by atoms with Gasteiger partial charge in [-0.15, -0.1) is 0 Å². The van der Waals surface area contributed by atoms with E-state index in [0.717, 1.165) is 5.69 Å². The molecule has 0 radical (unpaired) electrons. The van der Waals surface area contributed by atoms with Crippen LogP contribution in [0.25, 0.3) is 0 Å². The van der Waals surface area contributed by atoms with Crippen molar-refractivity contribution in [2.45, 2.75) is 18.9 Å². The van der Waals surface area contributed by atoms with E-state index in [4.69, 9.17) is 11.5 Å². The number of amides is 2. The SMILES string of the molecule is NC(=O)C[C@@H](N)C(=O)NCCc1cnc[nH]1. The number of nitrogens with two attached hydrogens (primary N) is 2. The molecule has 88 valence electrons. The molecule has 0 aliphatic heterocycles. The zero-order valence-electron chi connectivity index (χ0n) is 8.77. The molecule has 16 heavy (non-hydrogen) atoms. The first-order valence-corrected chi connectivity index (χ1v) is 4.88. The highest BCUT2D eigenvalue weighted by molar-refractivity contribution is 5.87. The summed E-state index contributed by atoms with van der Waals surface area (Å²) in [6, 6.07) is -0.876. The highest BCUT2D eigenvalue weighted by Gasteiger charge is 2.14. The van der Waals surface area contributed by atoms with E-state index in [0.29, 0.717) is 13.0 Å². The number of imidazole rings is 1. The van der Waals surface area contributed by atoms with Gasteiger partial charge in [-0.1, -0.05) is 0 Å². The van der Waals surface area contributed by atoms with Gasteiger partial charge in [0.05, 0.1) is 18.8 Å². The van der Waals surface area contributed by atoms with Crippen LogP contribution in [0.1, 0.15) is 12.1 Å². The van der Waals surface area contributed by atoms with Gasteiger partial charge in [-0.3, -0.25) is 9.59 Å². The fourth-order valence-electron chi connectivity index (χ4n) is 1.18. The first-order chi connectivity index (χ1) is 7.59. The van der Waals surface area contributed by atoms with Crippen LogP contribution in [0.3, 0.4) is 0 Å². The molecule has 0 aliphatic rings. The van der Waals surface area contributed by atoms with Gasteiger partial charge in [-0.2, -0.15) is 0 Å². The highest BCUT2D eigenvalue weighted by Crippen LogP contribution is 1.91. The summed E-state index contributed by atoms with van der Waals surface area (Å²) < 4.78 is 0. The maximum absolute atomic E-state index is 11.3. The lowest BCUT2D eigenvalue weighted by Gasteiger charge is -2.09. The maximum atomic E-state index is 11.3. The molecule has 2 amide bonds. The zero-order chi connectivity index (χ0) is 12.0. The first-order valence-electron chi connectivity index (χ1n) is 4.88. The van der Waals surface area contributed by atoms with Crippen molar-refractivity contribution in [1.29, 1.82) is 0 Å². The normalized spacial score (nSPS) is 12.1. The van der Waals surface area contributed by atoms with Crippen molar-refractivity contribution >= 4 is 11.8 Å². The van der Waals surface area contributed by atoms with Crippen LogP contribution in [-0.2, 0) is 16.0 Å². The Balaban J connectivity index is 2.22. The third-order valence-corrected chi connectivity index (χ3v) is 2.01. The van der Waals surface area contributed by atoms with Crippen LogP contribution < -0.4 is 16.8 Å². The number of nitrogens with one attached hydrogen (secondary N) is 2. The molecule has 1 aromatic rings. The van der Waals surface area contributed by atoms with Crippen molar-refractivity contribution in [1.82, 2.24) is 15.3 Å². The average Bonchev–Trinajstić information content (AvgIpc) is 2.69. The van der Waals surface area contributed by atoms with Gasteiger partial charge in [0.2, 0.25) is 11.8 Å². The molecule has 1 rings (SSSR count). The summed E-state index contributed by atoms with van der Waals surface area (Å²) in [6.45, 7) is 0.438. The lowest BCUT2D eigenvalue weighted by Crippen LogP contribution is -2.43. The van der Waals surface area contributed by atoms with Crippen LogP contribution in [0.2, 0.25) is 0 Å². The second-order valence-electron chi connectivity index (χ2n) is 3.39. The standard InChI is InChI=1S/C9H15N5O2/c10-7(3-8(11)15)9(16)13-2-1-6-4-12-5-14-6/h4-5,7H,1-3,10H2,(H2,11,15)(H,12,14)(H,13,16)/t7-/m1/s1. The van der Waals surface area contributed by atoms with Gasteiger partial charge in [0.15, 0.2) is 0 Å². The number of aromatic amines is 1. The molecule has 1 atom stereocenters. The van der Waals surface area contributed by atoms with Gasteiger partial charge in [0, 0.05) is 24.9 Å². The summed E-state index contributed by atoms with van der Waals surface area (Å²) in [7, 11) is 0. The Bertz CT molecular complexity index is 349. The lowest BCUT2D eigenvalue weighted by atomic mass is 10.2. The van der Waals surface area contributed by atoms with E-state index in [9.17, 15) is 9.59 Å². The summed E-state index contributed by atoms with van der Waals surface area (Å²) in [5, 5.41) is 2.61. The third-order valence-electron chi connectivity index (χ3n) is 2.01. The van der Waals surface area contributed by atoms with Gasteiger partial charge < -0.3 is 21.8 Å². The second kappa shape index (κ2) is 5.86. The van der Waals surface area contributed by atoms with Crippen molar-refractivity contribution in [3.63, 3.8) is 0 Å². The van der Waals surface area contributed by atoms with Crippen LogP contribution in [0.5, 0.6) is 0 Å². The number of rotatable bonds is 6. The number of carbonyl (C=O) groups excluding carboxylic acids is 2. The predicted octanol–water partition coefficient (Wildman–Crippen LogP) is -1.73. The molecule has 6 N–H and O–H groups in total. The molecule has 7 nitrogen and oxygen atoms in total. The van der Waals surface area contributed by atoms with E-state index in [2.05, 4.69) is 15.3 Å². The van der Waals surface area contributed by atoms with Crippen molar-refractivity contribution in [3.05, 3.63) is 18.2 Å². The molecule has 0 saturated heterocycles. The van der Waals surface area contributed by atoms with Crippen molar-refractivity contribution in [3.8, 4) is 0 Å². The average molecular weight is 225 g/mol. The van der Waals surface area contributed by atoms with E-state index >= 15 is 0 Å². The van der Waals surface area contributed by atoms with Crippen LogP contribution >= 0.6 is 0 Å². The van der Waals surface area contributed by atoms with Gasteiger partial charge in [-0.25, -0.2) is 4.98 Å². The summed E-state index contributed by atoms with van der Waals surface area (Å²) >= 11 is 0. The minimum atomic E-state index is -0.876. The number of H-pyrrole nitrogens is 1. The van der Waals surface area contributed by atoms with Crippen LogP contribution in [-0.4, -0.2) is 34.4 Å². The number of nitrogens with zero attached hydrogens (tertiary/aromatic N) is 1. The Morgan fingerprint density at radius 2 is 2.31 bits per heavy atom. The smallest absolute Gasteiger partial charge is 0.237 e. The lowest BCUT2D eigenvalue weighted by molar-refractivity contribution is -0.126. The van der Waals surface area contributed by atoms with Gasteiger partial charge in [-0.05, 0) is 0 Å². The summed E-state index contributed by atoms with van der Waals surface area (Å²) in [5.74, 6) is -0.963. The molecular formula is C9H15N5O2. The second-order valence-corrected chi connectivity index (χ2v) is 3.39. The number of hydrogen-bond donors (Lipinski definition) is 4. The Kier molecular flexibility index (Phi) is 4.46.